The van der Waals surface area contributed by atoms with Gasteiger partial charge in [0.05, 0.1) is 22.7 Å². The number of anilines is 2. The minimum atomic E-state index is -4.43. The van der Waals surface area contributed by atoms with Gasteiger partial charge in [-0.15, -0.1) is 0 Å². The van der Waals surface area contributed by atoms with Crippen LogP contribution in [-0.2, 0) is 0 Å². The first-order valence-electron chi connectivity index (χ1n) is 10.4. The van der Waals surface area contributed by atoms with E-state index in [0.717, 1.165) is 17.5 Å². The zero-order valence-electron chi connectivity index (χ0n) is 17.3. The van der Waals surface area contributed by atoms with Gasteiger partial charge < -0.3 is 16.0 Å². The van der Waals surface area contributed by atoms with Gasteiger partial charge in [-0.25, -0.2) is 9.97 Å². The van der Waals surface area contributed by atoms with Gasteiger partial charge in [-0.05, 0) is 30.4 Å². The molecule has 1 atom stereocenters. The van der Waals surface area contributed by atoms with Crippen molar-refractivity contribution < 1.29 is 22.9 Å². The van der Waals surface area contributed by atoms with Crippen LogP contribution in [0.15, 0.2) is 36.8 Å². The number of nitrogens with one attached hydrogen (secondary N) is 3. The third kappa shape index (κ3) is 3.69. The fourth-order valence-corrected chi connectivity index (χ4v) is 4.29. The lowest BCUT2D eigenvalue weighted by Crippen LogP contribution is -2.45. The molecule has 0 unspecified atom stereocenters. The second-order valence-corrected chi connectivity index (χ2v) is 8.26. The number of H-pyrrole nitrogens is 2. The molecule has 3 aromatic heterocycles. The van der Waals surface area contributed by atoms with Crippen molar-refractivity contribution in [2.75, 3.05) is 11.1 Å². The maximum absolute atomic E-state index is 13.8. The lowest BCUT2D eigenvalue weighted by Gasteiger charge is -2.35. The minimum Gasteiger partial charge on any atom is -0.365 e. The smallest absolute Gasteiger partial charge is 0.365 e. The van der Waals surface area contributed by atoms with Gasteiger partial charge in [0, 0.05) is 22.7 Å². The van der Waals surface area contributed by atoms with E-state index in [1.54, 1.807) is 18.5 Å². The average molecular weight is 456 g/mol. The normalized spacial score (nSPS) is 15.5. The second kappa shape index (κ2) is 7.61. The Labute approximate surface area is 185 Å². The molecule has 1 aliphatic rings. The summed E-state index contributed by atoms with van der Waals surface area (Å²) in [6.07, 6.45) is 1.85. The molecule has 0 saturated heterocycles. The van der Waals surface area contributed by atoms with Crippen LogP contribution in [0, 0.1) is 5.92 Å². The van der Waals surface area contributed by atoms with Gasteiger partial charge >= 0.3 is 12.1 Å². The summed E-state index contributed by atoms with van der Waals surface area (Å²) in [7, 11) is 0. The maximum atomic E-state index is 13.8. The van der Waals surface area contributed by atoms with E-state index in [4.69, 9.17) is 11.5 Å². The number of hydrogen-bond donors (Lipinski definition) is 4. The number of pyridine rings is 1. The molecular weight excluding hydrogens is 435 g/mol. The number of nitrogens with two attached hydrogens (primary N) is 2. The summed E-state index contributed by atoms with van der Waals surface area (Å²) < 4.78 is 41.4. The van der Waals surface area contributed by atoms with Crippen LogP contribution in [0.25, 0.3) is 32.9 Å². The molecule has 1 fully saturated rings. The highest BCUT2D eigenvalue weighted by Crippen LogP contribution is 2.41. The number of nitrogens with zero attached hydrogens (tertiary/aromatic N) is 2. The average Bonchev–Trinajstić information content (AvgIpc) is 3.10. The fourth-order valence-electron chi connectivity index (χ4n) is 4.29. The molecule has 11 heteroatoms. The number of aromatic amines is 2. The van der Waals surface area contributed by atoms with Gasteiger partial charge in [-0.1, -0.05) is 23.5 Å². The fraction of sp³-hybridized carbons (Fsp3) is 0.273. The topological polar surface area (TPSA) is 137 Å². The molecule has 1 saturated carbocycles. The SMILES string of the molecule is NC(=O)c1cnc(N[C@H](C2CCC2)C(F)(F)F)c2c1[nH]c1cc(-c3cnc(N)[nH+]c3)ccc12. The molecule has 5 rings (SSSR count). The van der Waals surface area contributed by atoms with Crippen LogP contribution in [0.5, 0.6) is 0 Å². The van der Waals surface area contributed by atoms with E-state index in [0.29, 0.717) is 34.6 Å². The van der Waals surface area contributed by atoms with Crippen molar-refractivity contribution >= 4 is 39.5 Å². The van der Waals surface area contributed by atoms with Gasteiger partial charge in [-0.2, -0.15) is 13.2 Å². The number of halogens is 3. The number of nitrogen functional groups attached to an aromatic ring is 1. The summed E-state index contributed by atoms with van der Waals surface area (Å²) in [5.74, 6) is -0.909. The van der Waals surface area contributed by atoms with E-state index in [2.05, 4.69) is 25.3 Å². The second-order valence-electron chi connectivity index (χ2n) is 8.26. The Morgan fingerprint density at radius 3 is 2.61 bits per heavy atom. The molecule has 0 bridgehead atoms. The van der Waals surface area contributed by atoms with Crippen molar-refractivity contribution in [3.8, 4) is 11.1 Å². The molecule has 0 spiro atoms. The van der Waals surface area contributed by atoms with Gasteiger partial charge in [0.15, 0.2) is 0 Å². The van der Waals surface area contributed by atoms with Crippen LogP contribution in [-0.4, -0.2) is 33.1 Å². The molecule has 170 valence electrons. The number of hydrogen-bond acceptors (Lipinski definition) is 5. The van der Waals surface area contributed by atoms with Crippen molar-refractivity contribution in [1.29, 1.82) is 0 Å². The Kier molecular flexibility index (Phi) is 4.84. The number of fused-ring (bicyclic) bond motifs is 3. The molecule has 1 aliphatic carbocycles. The Balaban J connectivity index is 1.67. The summed E-state index contributed by atoms with van der Waals surface area (Å²) in [4.78, 5) is 26.2. The molecule has 8 nitrogen and oxygen atoms in total. The van der Waals surface area contributed by atoms with E-state index < -0.39 is 24.0 Å². The number of rotatable bonds is 5. The van der Waals surface area contributed by atoms with Gasteiger partial charge in [-0.3, -0.25) is 10.5 Å². The summed E-state index contributed by atoms with van der Waals surface area (Å²) in [6, 6.07) is 3.67. The predicted octanol–water partition coefficient (Wildman–Crippen LogP) is 3.42. The molecule has 0 aliphatic heterocycles. The number of carbonyl (C=O) groups is 1. The van der Waals surface area contributed by atoms with Crippen LogP contribution >= 0.6 is 0 Å². The van der Waals surface area contributed by atoms with Crippen LogP contribution < -0.4 is 21.8 Å². The number of carbonyl (C=O) groups excluding carboxylic acids is 1. The molecule has 1 aromatic carbocycles. The summed E-state index contributed by atoms with van der Waals surface area (Å²) in [6.45, 7) is 0. The quantitative estimate of drug-likeness (QED) is 0.365. The first kappa shape index (κ1) is 21.0. The first-order valence-corrected chi connectivity index (χ1v) is 10.4. The Morgan fingerprint density at radius 2 is 2.00 bits per heavy atom. The zero-order valence-corrected chi connectivity index (χ0v) is 17.3. The van der Waals surface area contributed by atoms with Crippen LogP contribution in [0.1, 0.15) is 29.6 Å². The largest absolute Gasteiger partial charge is 0.408 e. The van der Waals surface area contributed by atoms with Gasteiger partial charge in [0.2, 0.25) is 0 Å². The van der Waals surface area contributed by atoms with E-state index in [-0.39, 0.29) is 17.3 Å². The third-order valence-corrected chi connectivity index (χ3v) is 6.21. The third-order valence-electron chi connectivity index (χ3n) is 6.21. The standard InChI is InChI=1S/C22H20F3N7O/c23-22(24,25)18(10-2-1-3-10)32-20-16-13-5-4-11(12-7-29-21(27)30-8-12)6-15(13)31-17(16)14(9-28-20)19(26)33/h4-10,18,31H,1-3H2,(H2,26,33)(H,28,32)(H2,27,29,30)/p+1/t18-/m1/s1. The number of alkyl halides is 3. The van der Waals surface area contributed by atoms with E-state index in [1.165, 1.54) is 6.20 Å². The monoisotopic (exact) mass is 456 g/mol. The number of amides is 1. The lowest BCUT2D eigenvalue weighted by molar-refractivity contribution is -0.363. The Morgan fingerprint density at radius 1 is 1.21 bits per heavy atom. The van der Waals surface area contributed by atoms with E-state index in [1.807, 2.05) is 12.1 Å². The molecule has 4 aromatic rings. The van der Waals surface area contributed by atoms with Crippen molar-refractivity contribution in [2.45, 2.75) is 31.5 Å². The number of primary amides is 1. The summed E-state index contributed by atoms with van der Waals surface area (Å²) in [5, 5.41) is 3.63. The van der Waals surface area contributed by atoms with E-state index in [9.17, 15) is 18.0 Å². The van der Waals surface area contributed by atoms with Gasteiger partial charge in [0.1, 0.15) is 18.1 Å². The lowest BCUT2D eigenvalue weighted by atomic mass is 9.79. The summed E-state index contributed by atoms with van der Waals surface area (Å²) in [5.41, 5.74) is 13.7. The van der Waals surface area contributed by atoms with Crippen molar-refractivity contribution in [1.82, 2.24) is 15.0 Å². The minimum absolute atomic E-state index is 0.0608. The van der Waals surface area contributed by atoms with Crippen molar-refractivity contribution in [2.24, 2.45) is 11.7 Å². The highest BCUT2D eigenvalue weighted by Gasteiger charge is 2.47. The van der Waals surface area contributed by atoms with Crippen molar-refractivity contribution in [3.63, 3.8) is 0 Å². The zero-order chi connectivity index (χ0) is 23.3. The molecule has 0 radical (unpaired) electrons. The maximum Gasteiger partial charge on any atom is 0.408 e. The summed E-state index contributed by atoms with van der Waals surface area (Å²) >= 11 is 0. The number of benzene rings is 1. The molecule has 33 heavy (non-hydrogen) atoms. The Bertz CT molecular complexity index is 1360. The molecule has 1 amide bonds. The predicted molar refractivity (Wildman–Crippen MR) is 117 cm³/mol. The van der Waals surface area contributed by atoms with Crippen LogP contribution in [0.2, 0.25) is 0 Å². The molecule has 7 N–H and O–H groups in total. The number of aromatic nitrogens is 4. The molecule has 3 heterocycles. The van der Waals surface area contributed by atoms with E-state index >= 15 is 0 Å². The van der Waals surface area contributed by atoms with Gasteiger partial charge in [0.25, 0.3) is 5.91 Å². The van der Waals surface area contributed by atoms with Crippen LogP contribution in [0.3, 0.4) is 0 Å². The van der Waals surface area contributed by atoms with Crippen molar-refractivity contribution in [3.05, 3.63) is 42.4 Å². The Hall–Kier alpha value is -3.89. The first-order chi connectivity index (χ1) is 15.7. The highest BCUT2D eigenvalue weighted by atomic mass is 19.4. The molecular formula is C22H21F3N7O+. The van der Waals surface area contributed by atoms with Crippen LogP contribution in [0.4, 0.5) is 24.9 Å². The highest BCUT2D eigenvalue weighted by molar-refractivity contribution is 6.18.